The van der Waals surface area contributed by atoms with Crippen LogP contribution in [0, 0.1) is 6.92 Å². The highest BCUT2D eigenvalue weighted by molar-refractivity contribution is 5.99. The van der Waals surface area contributed by atoms with Gasteiger partial charge in [-0.05, 0) is 62.9 Å². The third-order valence-electron chi connectivity index (χ3n) is 5.28. The van der Waals surface area contributed by atoms with E-state index in [1.807, 2.05) is 62.4 Å². The van der Waals surface area contributed by atoms with Gasteiger partial charge in [0.05, 0.1) is 0 Å². The van der Waals surface area contributed by atoms with Crippen LogP contribution >= 0.6 is 0 Å². The third kappa shape index (κ3) is 8.59. The lowest BCUT2D eigenvalue weighted by molar-refractivity contribution is -0.138. The predicted molar refractivity (Wildman–Crippen MR) is 140 cm³/mol. The molecule has 0 aliphatic heterocycles. The van der Waals surface area contributed by atoms with Crippen LogP contribution in [0.3, 0.4) is 0 Å². The number of amides is 3. The van der Waals surface area contributed by atoms with E-state index < -0.39 is 17.7 Å². The predicted octanol–water partition coefficient (Wildman–Crippen LogP) is 5.47. The summed E-state index contributed by atoms with van der Waals surface area (Å²) < 4.78 is 5.25. The van der Waals surface area contributed by atoms with Gasteiger partial charge in [-0.1, -0.05) is 62.4 Å². The number of aryl methyl sites for hydroxylation is 1. The number of anilines is 1. The Morgan fingerprint density at radius 2 is 1.83 bits per heavy atom. The smallest absolute Gasteiger partial charge is 0.408 e. The highest BCUT2D eigenvalue weighted by Gasteiger charge is 2.32. The molecule has 188 valence electrons. The Morgan fingerprint density at radius 3 is 2.46 bits per heavy atom. The number of carbonyl (C=O) groups excluding carboxylic acids is 3. The van der Waals surface area contributed by atoms with Crippen molar-refractivity contribution in [2.75, 3.05) is 18.4 Å². The van der Waals surface area contributed by atoms with Crippen molar-refractivity contribution in [3.05, 3.63) is 71.8 Å². The fourth-order valence-electron chi connectivity index (χ4n) is 3.53. The number of carbonyl (C=O) groups is 3. The van der Waals surface area contributed by atoms with Crippen molar-refractivity contribution in [1.29, 1.82) is 0 Å². The van der Waals surface area contributed by atoms with Gasteiger partial charge in [0.1, 0.15) is 18.2 Å². The van der Waals surface area contributed by atoms with Crippen molar-refractivity contribution in [3.8, 4) is 0 Å². The molecule has 2 N–H and O–H groups in total. The number of hydrogen-bond acceptors (Lipinski definition) is 4. The molecule has 7 heteroatoms. The molecule has 0 aliphatic carbocycles. The molecule has 0 saturated heterocycles. The normalized spacial score (nSPS) is 11.8. The van der Waals surface area contributed by atoms with Crippen LogP contribution < -0.4 is 10.6 Å². The summed E-state index contributed by atoms with van der Waals surface area (Å²) in [6, 6.07) is 14.0. The number of rotatable bonds is 10. The van der Waals surface area contributed by atoms with E-state index in [1.165, 1.54) is 4.90 Å². The molecule has 35 heavy (non-hydrogen) atoms. The van der Waals surface area contributed by atoms with E-state index in [-0.39, 0.29) is 18.4 Å². The molecule has 3 amide bonds. The number of alkyl carbamates (subject to hydrolysis) is 1. The van der Waals surface area contributed by atoms with Crippen molar-refractivity contribution >= 4 is 29.7 Å². The molecular weight excluding hydrogens is 442 g/mol. The summed E-state index contributed by atoms with van der Waals surface area (Å²) in [6.07, 6.45) is 2.55. The first-order chi connectivity index (χ1) is 16.6. The van der Waals surface area contributed by atoms with Gasteiger partial charge in [-0.3, -0.25) is 9.59 Å². The number of para-hydroxylation sites is 1. The van der Waals surface area contributed by atoms with Crippen LogP contribution in [-0.2, 0) is 14.3 Å². The zero-order valence-corrected chi connectivity index (χ0v) is 21.4. The van der Waals surface area contributed by atoms with Crippen molar-refractivity contribution in [2.45, 2.75) is 59.1 Å². The fourth-order valence-corrected chi connectivity index (χ4v) is 3.53. The standard InChI is InChI=1S/C28H37N3O4/c1-7-9-17-31(24(32)19-29-27(34)35-28(4,5)6)25(22-15-12-14-21(8-2)18-22)26(33)30-23-16-11-10-13-20(23)3/h8,10-16,18,25H,2,7,9,17,19H2,1,3-6H3,(H,29,34)(H,30,33). The molecule has 0 aliphatic rings. The number of unbranched alkanes of at least 4 members (excludes halogenated alkanes) is 1. The summed E-state index contributed by atoms with van der Waals surface area (Å²) in [5.74, 6) is -0.708. The summed E-state index contributed by atoms with van der Waals surface area (Å²) in [7, 11) is 0. The first-order valence-corrected chi connectivity index (χ1v) is 11.9. The lowest BCUT2D eigenvalue weighted by Gasteiger charge is -2.32. The molecule has 2 rings (SSSR count). The van der Waals surface area contributed by atoms with E-state index in [2.05, 4.69) is 17.2 Å². The summed E-state index contributed by atoms with van der Waals surface area (Å²) in [5.41, 5.74) is 2.41. The number of nitrogens with zero attached hydrogens (tertiary/aromatic N) is 1. The quantitative estimate of drug-likeness (QED) is 0.473. The average molecular weight is 480 g/mol. The van der Waals surface area contributed by atoms with Gasteiger partial charge in [0.25, 0.3) is 5.91 Å². The van der Waals surface area contributed by atoms with Crippen LogP contribution in [0.1, 0.15) is 63.3 Å². The lowest BCUT2D eigenvalue weighted by atomic mass is 10.0. The maximum absolute atomic E-state index is 13.7. The average Bonchev–Trinajstić information content (AvgIpc) is 2.80. The van der Waals surface area contributed by atoms with Gasteiger partial charge in [0, 0.05) is 12.2 Å². The van der Waals surface area contributed by atoms with E-state index in [0.717, 1.165) is 17.5 Å². The molecule has 1 unspecified atom stereocenters. The summed E-state index contributed by atoms with van der Waals surface area (Å²) in [6.45, 7) is 13.1. The summed E-state index contributed by atoms with van der Waals surface area (Å²) in [5, 5.41) is 5.51. The largest absolute Gasteiger partial charge is 0.444 e. The minimum atomic E-state index is -0.894. The molecule has 7 nitrogen and oxygen atoms in total. The molecule has 0 heterocycles. The van der Waals surface area contributed by atoms with E-state index in [4.69, 9.17) is 4.74 Å². The monoisotopic (exact) mass is 479 g/mol. The van der Waals surface area contributed by atoms with E-state index in [0.29, 0.717) is 24.2 Å². The van der Waals surface area contributed by atoms with Gasteiger partial charge < -0.3 is 20.3 Å². The van der Waals surface area contributed by atoms with Crippen LogP contribution in [0.5, 0.6) is 0 Å². The molecule has 0 bridgehead atoms. The van der Waals surface area contributed by atoms with E-state index in [1.54, 1.807) is 26.8 Å². The van der Waals surface area contributed by atoms with Crippen LogP contribution in [-0.4, -0.2) is 41.5 Å². The maximum Gasteiger partial charge on any atom is 0.408 e. The Hall–Kier alpha value is -3.61. The first-order valence-electron chi connectivity index (χ1n) is 11.9. The molecule has 2 aromatic carbocycles. The Morgan fingerprint density at radius 1 is 1.11 bits per heavy atom. The van der Waals surface area contributed by atoms with Gasteiger partial charge in [0.2, 0.25) is 5.91 Å². The molecular formula is C28H37N3O4. The van der Waals surface area contributed by atoms with Gasteiger partial charge in [-0.2, -0.15) is 0 Å². The summed E-state index contributed by atoms with van der Waals surface area (Å²) in [4.78, 5) is 40.7. The van der Waals surface area contributed by atoms with Crippen molar-refractivity contribution < 1.29 is 19.1 Å². The van der Waals surface area contributed by atoms with Gasteiger partial charge >= 0.3 is 6.09 Å². The lowest BCUT2D eigenvalue weighted by Crippen LogP contribution is -2.47. The Bertz CT molecular complexity index is 1040. The van der Waals surface area contributed by atoms with Crippen molar-refractivity contribution in [1.82, 2.24) is 10.2 Å². The minimum Gasteiger partial charge on any atom is -0.444 e. The van der Waals surface area contributed by atoms with Crippen LogP contribution in [0.4, 0.5) is 10.5 Å². The van der Waals surface area contributed by atoms with Crippen molar-refractivity contribution in [2.24, 2.45) is 0 Å². The highest BCUT2D eigenvalue weighted by Crippen LogP contribution is 2.26. The molecule has 0 aromatic heterocycles. The molecule has 0 fully saturated rings. The Labute approximate surface area is 208 Å². The van der Waals surface area contributed by atoms with Crippen LogP contribution in [0.2, 0.25) is 0 Å². The molecule has 0 saturated carbocycles. The molecule has 0 radical (unpaired) electrons. The third-order valence-corrected chi connectivity index (χ3v) is 5.28. The molecule has 2 aromatic rings. The second-order valence-corrected chi connectivity index (χ2v) is 9.38. The van der Waals surface area contributed by atoms with Gasteiger partial charge in [-0.25, -0.2) is 4.79 Å². The SMILES string of the molecule is C=Cc1cccc(C(C(=O)Nc2ccccc2C)N(CCCC)C(=O)CNC(=O)OC(C)(C)C)c1. The fraction of sp³-hybridized carbons (Fsp3) is 0.393. The Balaban J connectivity index is 2.39. The molecule has 0 spiro atoms. The highest BCUT2D eigenvalue weighted by atomic mass is 16.6. The second kappa shape index (κ2) is 12.7. The van der Waals surface area contributed by atoms with Gasteiger partial charge in [-0.15, -0.1) is 0 Å². The number of ether oxygens (including phenoxy) is 1. The van der Waals surface area contributed by atoms with Crippen LogP contribution in [0.25, 0.3) is 6.08 Å². The second-order valence-electron chi connectivity index (χ2n) is 9.38. The number of benzene rings is 2. The number of nitrogens with one attached hydrogen (secondary N) is 2. The topological polar surface area (TPSA) is 87.7 Å². The van der Waals surface area contributed by atoms with E-state index >= 15 is 0 Å². The summed E-state index contributed by atoms with van der Waals surface area (Å²) >= 11 is 0. The Kier molecular flexibility index (Phi) is 10.1. The first kappa shape index (κ1) is 27.6. The molecule has 1 atom stereocenters. The van der Waals surface area contributed by atoms with Crippen LogP contribution in [0.15, 0.2) is 55.1 Å². The zero-order valence-electron chi connectivity index (χ0n) is 21.4. The number of hydrogen-bond donors (Lipinski definition) is 2. The van der Waals surface area contributed by atoms with Crippen molar-refractivity contribution in [3.63, 3.8) is 0 Å². The maximum atomic E-state index is 13.7. The van der Waals surface area contributed by atoms with Gasteiger partial charge in [0.15, 0.2) is 0 Å². The van der Waals surface area contributed by atoms with E-state index in [9.17, 15) is 14.4 Å². The zero-order chi connectivity index (χ0) is 26.0. The minimum absolute atomic E-state index is 0.284.